The number of rotatable bonds is 2. The molecule has 1 aromatic carbocycles. The van der Waals surface area contributed by atoms with Gasteiger partial charge < -0.3 is 20.2 Å². The van der Waals surface area contributed by atoms with Crippen LogP contribution in [-0.2, 0) is 9.53 Å². The molecule has 23 heavy (non-hydrogen) atoms. The number of ether oxygens (including phenoxy) is 2. The molecule has 0 saturated heterocycles. The second-order valence-electron chi connectivity index (χ2n) is 5.27. The molecule has 0 aliphatic carbocycles. The normalized spacial score (nSPS) is 16.5. The summed E-state index contributed by atoms with van der Waals surface area (Å²) in [5, 5.41) is 0. The number of aromatic nitrogens is 1. The van der Waals surface area contributed by atoms with Gasteiger partial charge in [0.15, 0.2) is 0 Å². The molecule has 3 N–H and O–H groups in total. The number of pyridine rings is 1. The monoisotopic (exact) mass is 312 g/mol. The smallest absolute Gasteiger partial charge is 0.340 e. The minimum Gasteiger partial charge on any atom is -0.465 e. The third-order valence-electron chi connectivity index (χ3n) is 3.77. The maximum absolute atomic E-state index is 12.5. The second kappa shape index (κ2) is 5.64. The van der Waals surface area contributed by atoms with E-state index in [9.17, 15) is 9.59 Å². The molecular formula is C17H16N2O4. The van der Waals surface area contributed by atoms with Gasteiger partial charge in [-0.25, -0.2) is 4.79 Å². The van der Waals surface area contributed by atoms with Crippen LogP contribution in [0.15, 0.2) is 52.6 Å². The first kappa shape index (κ1) is 14.9. The topological polar surface area (TPSA) is 94.4 Å². The van der Waals surface area contributed by atoms with Crippen molar-refractivity contribution in [1.82, 2.24) is 4.98 Å². The van der Waals surface area contributed by atoms with Gasteiger partial charge >= 0.3 is 5.97 Å². The van der Waals surface area contributed by atoms with E-state index >= 15 is 0 Å². The van der Waals surface area contributed by atoms with E-state index in [2.05, 4.69) is 4.98 Å². The van der Waals surface area contributed by atoms with Crippen LogP contribution in [0.1, 0.15) is 22.7 Å². The molecule has 0 fully saturated rings. The number of carbonyl (C=O) groups excluding carboxylic acids is 1. The average Bonchev–Trinajstić information content (AvgIpc) is 2.53. The first-order valence-electron chi connectivity index (χ1n) is 7.07. The lowest BCUT2D eigenvalue weighted by Gasteiger charge is -2.27. The van der Waals surface area contributed by atoms with E-state index in [1.54, 1.807) is 13.0 Å². The highest BCUT2D eigenvalue weighted by Crippen LogP contribution is 2.40. The predicted octanol–water partition coefficient (Wildman–Crippen LogP) is 1.55. The average molecular weight is 312 g/mol. The number of aryl methyl sites for hydroxylation is 1. The Balaban J connectivity index is 2.31. The quantitative estimate of drug-likeness (QED) is 0.821. The highest BCUT2D eigenvalue weighted by atomic mass is 16.5. The minimum atomic E-state index is -0.642. The van der Waals surface area contributed by atoms with Crippen molar-refractivity contribution in [3.05, 3.63) is 75.0 Å². The maximum atomic E-state index is 12.5. The first-order valence-corrected chi connectivity index (χ1v) is 7.07. The van der Waals surface area contributed by atoms with Crippen LogP contribution in [0.3, 0.4) is 0 Å². The number of H-pyrrole nitrogens is 1. The Morgan fingerprint density at radius 3 is 2.65 bits per heavy atom. The summed E-state index contributed by atoms with van der Waals surface area (Å²) in [5.74, 6) is -0.966. The Labute approximate surface area is 132 Å². The summed E-state index contributed by atoms with van der Waals surface area (Å²) in [5.41, 5.74) is 7.50. The molecule has 6 heteroatoms. The molecule has 0 saturated carbocycles. The summed E-state index contributed by atoms with van der Waals surface area (Å²) < 4.78 is 10.3. The number of benzene rings is 1. The number of carbonyl (C=O) groups is 1. The third kappa shape index (κ3) is 2.48. The van der Waals surface area contributed by atoms with Gasteiger partial charge in [-0.3, -0.25) is 4.79 Å². The summed E-state index contributed by atoms with van der Waals surface area (Å²) in [4.78, 5) is 27.4. The van der Waals surface area contributed by atoms with Crippen LogP contribution in [0.25, 0.3) is 0 Å². The Hall–Kier alpha value is -3.02. The van der Waals surface area contributed by atoms with Crippen molar-refractivity contribution in [2.24, 2.45) is 5.73 Å². The van der Waals surface area contributed by atoms with Crippen molar-refractivity contribution in [3.8, 4) is 5.75 Å². The first-order chi connectivity index (χ1) is 11.0. The number of hydrogen-bond donors (Lipinski definition) is 2. The van der Waals surface area contributed by atoms with Gasteiger partial charge in [-0.1, -0.05) is 30.3 Å². The van der Waals surface area contributed by atoms with Crippen molar-refractivity contribution in [2.45, 2.75) is 12.8 Å². The van der Waals surface area contributed by atoms with Crippen LogP contribution >= 0.6 is 0 Å². The zero-order valence-electron chi connectivity index (χ0n) is 12.8. The van der Waals surface area contributed by atoms with Crippen LogP contribution in [0.2, 0.25) is 0 Å². The largest absolute Gasteiger partial charge is 0.465 e. The number of fused-ring (bicyclic) bond motifs is 1. The lowest BCUT2D eigenvalue weighted by Crippen LogP contribution is -2.31. The molecule has 2 aromatic rings. The van der Waals surface area contributed by atoms with E-state index in [4.69, 9.17) is 15.2 Å². The standard InChI is InChI=1S/C17H16N2O4/c1-9-8-11-13(16(20)19-9)12(10-6-4-3-5-7-10)14(15(18)23-11)17(21)22-2/h3-8,12H,18H2,1-2H3,(H,19,20)/t12-/m1/s1. The summed E-state index contributed by atoms with van der Waals surface area (Å²) in [6.07, 6.45) is 0. The summed E-state index contributed by atoms with van der Waals surface area (Å²) in [7, 11) is 1.26. The van der Waals surface area contributed by atoms with Crippen molar-refractivity contribution in [2.75, 3.05) is 7.11 Å². The van der Waals surface area contributed by atoms with Crippen molar-refractivity contribution in [1.29, 1.82) is 0 Å². The number of nitrogens with two attached hydrogens (primary N) is 1. The van der Waals surface area contributed by atoms with Gasteiger partial charge in [-0.15, -0.1) is 0 Å². The fourth-order valence-electron chi connectivity index (χ4n) is 2.79. The molecule has 118 valence electrons. The molecule has 1 atom stereocenters. The number of hydrogen-bond acceptors (Lipinski definition) is 5. The molecule has 1 aromatic heterocycles. The lowest BCUT2D eigenvalue weighted by molar-refractivity contribution is -0.136. The van der Waals surface area contributed by atoms with Crippen LogP contribution in [0.4, 0.5) is 0 Å². The molecule has 0 unspecified atom stereocenters. The Bertz CT molecular complexity index is 853. The fourth-order valence-corrected chi connectivity index (χ4v) is 2.79. The number of nitrogens with one attached hydrogen (secondary N) is 1. The van der Waals surface area contributed by atoms with Crippen LogP contribution in [0, 0.1) is 6.92 Å². The van der Waals surface area contributed by atoms with Crippen LogP contribution < -0.4 is 16.0 Å². The van der Waals surface area contributed by atoms with Crippen LogP contribution in [0.5, 0.6) is 5.75 Å². The Morgan fingerprint density at radius 1 is 1.30 bits per heavy atom. The molecule has 0 spiro atoms. The zero-order valence-corrected chi connectivity index (χ0v) is 12.8. The highest BCUT2D eigenvalue weighted by Gasteiger charge is 2.37. The van der Waals surface area contributed by atoms with Crippen molar-refractivity contribution < 1.29 is 14.3 Å². The van der Waals surface area contributed by atoms with Gasteiger partial charge in [-0.2, -0.15) is 0 Å². The third-order valence-corrected chi connectivity index (χ3v) is 3.77. The van der Waals surface area contributed by atoms with E-state index < -0.39 is 11.9 Å². The van der Waals surface area contributed by atoms with Gasteiger partial charge in [0, 0.05) is 11.8 Å². The van der Waals surface area contributed by atoms with Gasteiger partial charge in [-0.05, 0) is 12.5 Å². The molecule has 2 heterocycles. The van der Waals surface area contributed by atoms with E-state index in [0.717, 1.165) is 5.56 Å². The molecule has 0 amide bonds. The molecule has 0 bridgehead atoms. The number of methoxy groups -OCH3 is 1. The van der Waals surface area contributed by atoms with Crippen molar-refractivity contribution >= 4 is 5.97 Å². The van der Waals surface area contributed by atoms with E-state index in [0.29, 0.717) is 17.0 Å². The number of esters is 1. The fraction of sp³-hybridized carbons (Fsp3) is 0.176. The molecule has 0 radical (unpaired) electrons. The summed E-state index contributed by atoms with van der Waals surface area (Å²) in [6.45, 7) is 1.75. The van der Waals surface area contributed by atoms with Crippen molar-refractivity contribution in [3.63, 3.8) is 0 Å². The van der Waals surface area contributed by atoms with Gasteiger partial charge in [0.1, 0.15) is 11.3 Å². The summed E-state index contributed by atoms with van der Waals surface area (Å²) in [6, 6.07) is 10.9. The SMILES string of the molecule is COC(=O)C1=C(N)Oc2cc(C)[nH]c(=O)c2[C@H]1c1ccccc1. The molecular weight excluding hydrogens is 296 g/mol. The number of aromatic amines is 1. The van der Waals surface area contributed by atoms with E-state index in [-0.39, 0.29) is 17.0 Å². The highest BCUT2D eigenvalue weighted by molar-refractivity contribution is 5.92. The Kier molecular flexibility index (Phi) is 3.65. The second-order valence-corrected chi connectivity index (χ2v) is 5.27. The van der Waals surface area contributed by atoms with Gasteiger partial charge in [0.2, 0.25) is 5.88 Å². The molecule has 1 aliphatic rings. The molecule has 3 rings (SSSR count). The maximum Gasteiger partial charge on any atom is 0.340 e. The molecule has 6 nitrogen and oxygen atoms in total. The van der Waals surface area contributed by atoms with Gasteiger partial charge in [0.25, 0.3) is 5.56 Å². The predicted molar refractivity (Wildman–Crippen MR) is 83.9 cm³/mol. The lowest BCUT2D eigenvalue weighted by atomic mass is 9.83. The molecule has 1 aliphatic heterocycles. The zero-order chi connectivity index (χ0) is 16.6. The van der Waals surface area contributed by atoms with E-state index in [1.807, 2.05) is 30.3 Å². The summed E-state index contributed by atoms with van der Waals surface area (Å²) >= 11 is 0. The Morgan fingerprint density at radius 2 is 2.00 bits per heavy atom. The van der Waals surface area contributed by atoms with Crippen LogP contribution in [-0.4, -0.2) is 18.1 Å². The van der Waals surface area contributed by atoms with Gasteiger partial charge in [0.05, 0.1) is 18.6 Å². The minimum absolute atomic E-state index is 0.0526. The van der Waals surface area contributed by atoms with E-state index in [1.165, 1.54) is 7.11 Å².